The molecular weight excluding hydrogens is 454 g/mol. The van der Waals surface area contributed by atoms with Crippen molar-refractivity contribution in [1.29, 1.82) is 0 Å². The standard InChI is InChI=1S/C29H37N3O4/c1-6-36-29(34)27-20(3)30-26(28(27)33)18-23-17-19(2)32(21(23)4)24-12-15-31(16-13-24)14-11-22-7-9-25(35-5)10-8-22/h7-10,17-18,24,33H,6,11-16H2,1-5H3/b26-18+. The second-order valence-electron chi connectivity index (χ2n) is 9.54. The molecule has 2 aromatic rings. The zero-order chi connectivity index (χ0) is 25.8. The normalized spacial score (nSPS) is 18.1. The quantitative estimate of drug-likeness (QED) is 0.515. The molecule has 0 unspecified atom stereocenters. The number of carbonyl (C=O) groups excluding carboxylic acids is 1. The molecule has 4 rings (SSSR count). The highest BCUT2D eigenvalue weighted by Gasteiger charge is 2.28. The lowest BCUT2D eigenvalue weighted by Gasteiger charge is -2.34. The third-order valence-corrected chi connectivity index (χ3v) is 7.22. The Morgan fingerprint density at radius 1 is 1.17 bits per heavy atom. The second kappa shape index (κ2) is 11.2. The minimum Gasteiger partial charge on any atom is -0.505 e. The molecule has 0 saturated carbocycles. The number of benzene rings is 1. The maximum atomic E-state index is 12.2. The SMILES string of the molecule is CCOC(=O)C1=C(O)/C(=C\c2cc(C)n(C3CCN(CCc4ccc(OC)cc4)CC3)c2C)N=C1C. The van der Waals surface area contributed by atoms with Crippen LogP contribution in [0.15, 0.2) is 52.4 Å². The number of aliphatic hydroxyl groups is 1. The lowest BCUT2D eigenvalue weighted by atomic mass is 10.0. The van der Waals surface area contributed by atoms with Gasteiger partial charge in [0, 0.05) is 37.1 Å². The third kappa shape index (κ3) is 5.41. The van der Waals surface area contributed by atoms with E-state index in [1.54, 1.807) is 21.0 Å². The van der Waals surface area contributed by atoms with Crippen LogP contribution in [0.25, 0.3) is 6.08 Å². The van der Waals surface area contributed by atoms with Gasteiger partial charge in [0.15, 0.2) is 5.76 Å². The highest BCUT2D eigenvalue weighted by atomic mass is 16.5. The lowest BCUT2D eigenvalue weighted by Crippen LogP contribution is -2.36. The monoisotopic (exact) mass is 491 g/mol. The summed E-state index contributed by atoms with van der Waals surface area (Å²) in [5.41, 5.74) is 5.74. The van der Waals surface area contributed by atoms with Gasteiger partial charge >= 0.3 is 5.97 Å². The molecule has 2 aliphatic heterocycles. The zero-order valence-corrected chi connectivity index (χ0v) is 22.0. The van der Waals surface area contributed by atoms with Gasteiger partial charge in [-0.3, -0.25) is 0 Å². The molecule has 36 heavy (non-hydrogen) atoms. The first-order valence-electron chi connectivity index (χ1n) is 12.7. The lowest BCUT2D eigenvalue weighted by molar-refractivity contribution is -0.138. The molecule has 0 spiro atoms. The Morgan fingerprint density at radius 3 is 2.50 bits per heavy atom. The van der Waals surface area contributed by atoms with Gasteiger partial charge in [0.1, 0.15) is 17.0 Å². The van der Waals surface area contributed by atoms with Crippen LogP contribution in [-0.4, -0.2) is 59.6 Å². The predicted molar refractivity (Wildman–Crippen MR) is 143 cm³/mol. The highest BCUT2D eigenvalue weighted by Crippen LogP contribution is 2.32. The van der Waals surface area contributed by atoms with E-state index in [2.05, 4.69) is 46.5 Å². The van der Waals surface area contributed by atoms with Crippen molar-refractivity contribution in [3.8, 4) is 5.75 Å². The van der Waals surface area contributed by atoms with E-state index in [1.807, 2.05) is 18.2 Å². The number of nitrogens with zero attached hydrogens (tertiary/aromatic N) is 3. The second-order valence-corrected chi connectivity index (χ2v) is 9.54. The molecule has 0 amide bonds. The summed E-state index contributed by atoms with van der Waals surface area (Å²) in [6.07, 6.45) is 5.11. The van der Waals surface area contributed by atoms with Crippen molar-refractivity contribution in [2.75, 3.05) is 33.4 Å². The molecule has 3 heterocycles. The van der Waals surface area contributed by atoms with Crippen LogP contribution < -0.4 is 4.74 Å². The summed E-state index contributed by atoms with van der Waals surface area (Å²) in [7, 11) is 1.69. The van der Waals surface area contributed by atoms with E-state index < -0.39 is 5.97 Å². The van der Waals surface area contributed by atoms with Crippen LogP contribution in [0, 0.1) is 13.8 Å². The van der Waals surface area contributed by atoms with Crippen molar-refractivity contribution >= 4 is 17.8 Å². The molecule has 192 valence electrons. The Bertz CT molecular complexity index is 1200. The van der Waals surface area contributed by atoms with Gasteiger partial charge < -0.3 is 24.0 Å². The van der Waals surface area contributed by atoms with Crippen molar-refractivity contribution in [3.63, 3.8) is 0 Å². The molecule has 1 fully saturated rings. The Balaban J connectivity index is 1.41. The largest absolute Gasteiger partial charge is 0.505 e. The summed E-state index contributed by atoms with van der Waals surface area (Å²) in [4.78, 5) is 19.2. The summed E-state index contributed by atoms with van der Waals surface area (Å²) in [5.74, 6) is 0.248. The van der Waals surface area contributed by atoms with Gasteiger partial charge in [-0.2, -0.15) is 0 Å². The Kier molecular flexibility index (Phi) is 7.99. The Labute approximate surface area is 213 Å². The fraction of sp³-hybridized carbons (Fsp3) is 0.448. The number of rotatable bonds is 8. The zero-order valence-electron chi connectivity index (χ0n) is 22.0. The number of aromatic nitrogens is 1. The number of likely N-dealkylation sites (tertiary alicyclic amines) is 1. The van der Waals surface area contributed by atoms with Gasteiger partial charge in [0.25, 0.3) is 0 Å². The maximum absolute atomic E-state index is 12.2. The molecule has 1 aromatic heterocycles. The average Bonchev–Trinajstić information content (AvgIpc) is 3.31. The van der Waals surface area contributed by atoms with Gasteiger partial charge in [0.2, 0.25) is 0 Å². The van der Waals surface area contributed by atoms with Gasteiger partial charge in [-0.1, -0.05) is 12.1 Å². The number of aliphatic imine (C=N–C) groups is 1. The molecule has 0 radical (unpaired) electrons. The molecule has 1 aromatic carbocycles. The number of hydrogen-bond acceptors (Lipinski definition) is 6. The van der Waals surface area contributed by atoms with Gasteiger partial charge in [-0.15, -0.1) is 0 Å². The summed E-state index contributed by atoms with van der Waals surface area (Å²) in [6.45, 7) is 11.2. The first-order chi connectivity index (χ1) is 17.3. The molecular formula is C29H37N3O4. The van der Waals surface area contributed by atoms with Crippen LogP contribution >= 0.6 is 0 Å². The fourth-order valence-electron chi connectivity index (χ4n) is 5.28. The Morgan fingerprint density at radius 2 is 1.86 bits per heavy atom. The van der Waals surface area contributed by atoms with Crippen LogP contribution in [0.3, 0.4) is 0 Å². The van der Waals surface area contributed by atoms with Crippen molar-refractivity contribution in [2.45, 2.75) is 53.0 Å². The number of piperidine rings is 1. The number of hydrogen-bond donors (Lipinski definition) is 1. The fourth-order valence-corrected chi connectivity index (χ4v) is 5.28. The minimum absolute atomic E-state index is 0.110. The number of carbonyl (C=O) groups is 1. The number of esters is 1. The van der Waals surface area contributed by atoms with E-state index in [9.17, 15) is 9.90 Å². The number of ether oxygens (including phenoxy) is 2. The van der Waals surface area contributed by atoms with E-state index in [0.717, 1.165) is 55.9 Å². The molecule has 0 atom stereocenters. The molecule has 0 bridgehead atoms. The number of aliphatic hydroxyl groups excluding tert-OH is 1. The van der Waals surface area contributed by atoms with Crippen molar-refractivity contribution < 1.29 is 19.4 Å². The van der Waals surface area contributed by atoms with Gasteiger partial charge in [-0.05, 0) is 82.4 Å². The number of methoxy groups -OCH3 is 1. The molecule has 0 aliphatic carbocycles. The first kappa shape index (κ1) is 25.8. The molecule has 1 saturated heterocycles. The minimum atomic E-state index is -0.538. The third-order valence-electron chi connectivity index (χ3n) is 7.22. The molecule has 2 aliphatic rings. The van der Waals surface area contributed by atoms with Gasteiger partial charge in [-0.25, -0.2) is 9.79 Å². The Hall–Kier alpha value is -3.32. The molecule has 1 N–H and O–H groups in total. The van der Waals surface area contributed by atoms with Crippen LogP contribution in [0.5, 0.6) is 5.75 Å². The van der Waals surface area contributed by atoms with Crippen LogP contribution in [0.4, 0.5) is 0 Å². The maximum Gasteiger partial charge on any atom is 0.343 e. The van der Waals surface area contributed by atoms with Crippen LogP contribution in [0.2, 0.25) is 0 Å². The molecule has 7 heteroatoms. The van der Waals surface area contributed by atoms with E-state index in [4.69, 9.17) is 9.47 Å². The predicted octanol–water partition coefficient (Wildman–Crippen LogP) is 5.18. The van der Waals surface area contributed by atoms with Crippen LogP contribution in [0.1, 0.15) is 55.2 Å². The molecule has 7 nitrogen and oxygen atoms in total. The summed E-state index contributed by atoms with van der Waals surface area (Å²) in [5, 5.41) is 10.7. The summed E-state index contributed by atoms with van der Waals surface area (Å²) < 4.78 is 12.7. The van der Waals surface area contributed by atoms with Crippen molar-refractivity contribution in [3.05, 3.63) is 69.9 Å². The van der Waals surface area contributed by atoms with E-state index in [1.165, 1.54) is 11.3 Å². The average molecular weight is 492 g/mol. The van der Waals surface area contributed by atoms with Crippen molar-refractivity contribution in [1.82, 2.24) is 9.47 Å². The van der Waals surface area contributed by atoms with Gasteiger partial charge in [0.05, 0.1) is 19.4 Å². The van der Waals surface area contributed by atoms with E-state index >= 15 is 0 Å². The van der Waals surface area contributed by atoms with E-state index in [0.29, 0.717) is 17.5 Å². The first-order valence-corrected chi connectivity index (χ1v) is 12.7. The smallest absolute Gasteiger partial charge is 0.343 e. The van der Waals surface area contributed by atoms with Crippen LogP contribution in [-0.2, 0) is 16.0 Å². The number of aryl methyl sites for hydroxylation is 1. The summed E-state index contributed by atoms with van der Waals surface area (Å²) in [6, 6.07) is 10.9. The van der Waals surface area contributed by atoms with Crippen molar-refractivity contribution in [2.24, 2.45) is 4.99 Å². The van der Waals surface area contributed by atoms with E-state index in [-0.39, 0.29) is 17.9 Å². The highest BCUT2D eigenvalue weighted by molar-refractivity contribution is 6.22. The topological polar surface area (TPSA) is 76.3 Å². The summed E-state index contributed by atoms with van der Waals surface area (Å²) >= 11 is 0.